The largest absolute Gasteiger partial charge is 0.372 e. The number of hydrogen-bond acceptors (Lipinski definition) is 2. The smallest absolute Gasteiger partial charge is 0.280 e. The second-order valence-electron chi connectivity index (χ2n) is 5.83. The van der Waals surface area contributed by atoms with Gasteiger partial charge in [0.25, 0.3) is 5.91 Å². The van der Waals surface area contributed by atoms with Gasteiger partial charge < -0.3 is 15.0 Å². The standard InChI is InChI=1S/C14H28N2O2/c1-10(2)16(11(3)4)14(17)12(5)15-9-13-7-6-8-18-13/h10-13,15H,6-9H2,1-5H3/p+1/t12-,13+/m0/s1. The molecule has 1 saturated heterocycles. The molecule has 2 atom stereocenters. The summed E-state index contributed by atoms with van der Waals surface area (Å²) in [5.74, 6) is 0.234. The van der Waals surface area contributed by atoms with Gasteiger partial charge in [-0.3, -0.25) is 4.79 Å². The molecule has 0 radical (unpaired) electrons. The lowest BCUT2D eigenvalue weighted by atomic mass is 10.1. The minimum absolute atomic E-state index is 0.0148. The minimum atomic E-state index is -0.0148. The van der Waals surface area contributed by atoms with E-state index in [1.54, 1.807) is 0 Å². The highest BCUT2D eigenvalue weighted by molar-refractivity contribution is 5.80. The van der Waals surface area contributed by atoms with E-state index in [1.807, 2.05) is 11.8 Å². The molecule has 4 nitrogen and oxygen atoms in total. The van der Waals surface area contributed by atoms with Gasteiger partial charge in [-0.15, -0.1) is 0 Å². The van der Waals surface area contributed by atoms with E-state index in [1.165, 1.54) is 0 Å². The fourth-order valence-electron chi connectivity index (χ4n) is 2.63. The Morgan fingerprint density at radius 1 is 1.28 bits per heavy atom. The molecule has 0 aromatic heterocycles. The summed E-state index contributed by atoms with van der Waals surface area (Å²) >= 11 is 0. The summed E-state index contributed by atoms with van der Waals surface area (Å²) in [6.45, 7) is 12.1. The van der Waals surface area contributed by atoms with Crippen molar-refractivity contribution in [3.8, 4) is 0 Å². The van der Waals surface area contributed by atoms with Gasteiger partial charge in [0.2, 0.25) is 0 Å². The third-order valence-corrected chi connectivity index (χ3v) is 3.53. The van der Waals surface area contributed by atoms with Crippen LogP contribution in [-0.4, -0.2) is 48.2 Å². The number of nitrogens with zero attached hydrogens (tertiary/aromatic N) is 1. The molecular formula is C14H29N2O2+. The fourth-order valence-corrected chi connectivity index (χ4v) is 2.63. The summed E-state index contributed by atoms with van der Waals surface area (Å²) < 4.78 is 5.58. The summed E-state index contributed by atoms with van der Waals surface area (Å²) in [5.41, 5.74) is 0. The molecule has 1 rings (SSSR count). The summed E-state index contributed by atoms with van der Waals surface area (Å²) in [4.78, 5) is 14.4. The minimum Gasteiger partial charge on any atom is -0.372 e. The van der Waals surface area contributed by atoms with Crippen molar-refractivity contribution < 1.29 is 14.8 Å². The highest BCUT2D eigenvalue weighted by atomic mass is 16.5. The van der Waals surface area contributed by atoms with Gasteiger partial charge >= 0.3 is 0 Å². The zero-order chi connectivity index (χ0) is 13.7. The van der Waals surface area contributed by atoms with E-state index in [9.17, 15) is 4.79 Å². The Morgan fingerprint density at radius 3 is 2.33 bits per heavy atom. The third kappa shape index (κ3) is 4.25. The first kappa shape index (κ1) is 15.4. The van der Waals surface area contributed by atoms with Crippen molar-refractivity contribution in [2.45, 2.75) is 71.7 Å². The normalized spacial score (nSPS) is 21.6. The van der Waals surface area contributed by atoms with Crippen LogP contribution in [0.2, 0.25) is 0 Å². The molecule has 0 saturated carbocycles. The number of amides is 1. The molecule has 1 fully saturated rings. The van der Waals surface area contributed by atoms with E-state index in [0.717, 1.165) is 26.0 Å². The Bertz CT molecular complexity index is 253. The Balaban J connectivity index is 2.43. The van der Waals surface area contributed by atoms with Gasteiger partial charge in [0.05, 0.1) is 0 Å². The molecule has 0 aromatic carbocycles. The lowest BCUT2D eigenvalue weighted by molar-refractivity contribution is -0.679. The predicted octanol–water partition coefficient (Wildman–Crippen LogP) is 0.763. The molecule has 1 aliphatic heterocycles. The van der Waals surface area contributed by atoms with Gasteiger partial charge in [-0.1, -0.05) is 0 Å². The van der Waals surface area contributed by atoms with E-state index in [2.05, 4.69) is 33.0 Å². The molecule has 18 heavy (non-hydrogen) atoms. The van der Waals surface area contributed by atoms with E-state index < -0.39 is 0 Å². The van der Waals surface area contributed by atoms with Crippen LogP contribution in [0, 0.1) is 0 Å². The van der Waals surface area contributed by atoms with Crippen LogP contribution in [0.4, 0.5) is 0 Å². The Labute approximate surface area is 111 Å². The van der Waals surface area contributed by atoms with Crippen LogP contribution >= 0.6 is 0 Å². The molecule has 0 aliphatic carbocycles. The van der Waals surface area contributed by atoms with Crippen LogP contribution < -0.4 is 5.32 Å². The lowest BCUT2D eigenvalue weighted by Crippen LogP contribution is -2.93. The Kier molecular flexibility index (Phi) is 6.09. The first-order valence-electron chi connectivity index (χ1n) is 7.20. The van der Waals surface area contributed by atoms with E-state index in [4.69, 9.17) is 4.74 Å². The Morgan fingerprint density at radius 2 is 1.89 bits per heavy atom. The number of carbonyl (C=O) groups is 1. The van der Waals surface area contributed by atoms with Crippen molar-refractivity contribution in [2.24, 2.45) is 0 Å². The van der Waals surface area contributed by atoms with Gasteiger partial charge in [0, 0.05) is 18.7 Å². The average Bonchev–Trinajstić information content (AvgIpc) is 2.77. The van der Waals surface area contributed by atoms with Crippen molar-refractivity contribution >= 4 is 5.91 Å². The third-order valence-electron chi connectivity index (χ3n) is 3.53. The molecule has 1 aliphatic rings. The predicted molar refractivity (Wildman–Crippen MR) is 72.3 cm³/mol. The molecule has 0 aromatic rings. The quantitative estimate of drug-likeness (QED) is 0.764. The van der Waals surface area contributed by atoms with Gasteiger partial charge in [-0.2, -0.15) is 0 Å². The second-order valence-corrected chi connectivity index (χ2v) is 5.83. The molecule has 2 N–H and O–H groups in total. The fraction of sp³-hybridized carbons (Fsp3) is 0.929. The molecule has 106 valence electrons. The number of rotatable bonds is 6. The zero-order valence-corrected chi connectivity index (χ0v) is 12.5. The van der Waals surface area contributed by atoms with Gasteiger partial charge in [0.15, 0.2) is 6.04 Å². The summed E-state index contributed by atoms with van der Waals surface area (Å²) in [6, 6.07) is 0.506. The second kappa shape index (κ2) is 7.10. The van der Waals surface area contributed by atoms with E-state index >= 15 is 0 Å². The van der Waals surface area contributed by atoms with E-state index in [-0.39, 0.29) is 24.0 Å². The molecular weight excluding hydrogens is 228 g/mol. The van der Waals surface area contributed by atoms with Crippen LogP contribution in [-0.2, 0) is 9.53 Å². The first-order valence-corrected chi connectivity index (χ1v) is 7.20. The van der Waals surface area contributed by atoms with Crippen LogP contribution in [0.3, 0.4) is 0 Å². The van der Waals surface area contributed by atoms with Crippen molar-refractivity contribution in [2.75, 3.05) is 13.2 Å². The lowest BCUT2D eigenvalue weighted by Gasteiger charge is -2.32. The first-order chi connectivity index (χ1) is 8.43. The maximum absolute atomic E-state index is 12.4. The van der Waals surface area contributed by atoms with Crippen LogP contribution in [0.5, 0.6) is 0 Å². The summed E-state index contributed by atoms with van der Waals surface area (Å²) in [5, 5.41) is 2.12. The maximum atomic E-state index is 12.4. The monoisotopic (exact) mass is 257 g/mol. The van der Waals surface area contributed by atoms with Crippen molar-refractivity contribution in [3.63, 3.8) is 0 Å². The highest BCUT2D eigenvalue weighted by Crippen LogP contribution is 2.10. The number of hydrogen-bond donors (Lipinski definition) is 1. The Hall–Kier alpha value is -0.610. The molecule has 1 heterocycles. The van der Waals surface area contributed by atoms with Crippen molar-refractivity contribution in [1.29, 1.82) is 0 Å². The number of nitrogens with two attached hydrogens (primary N) is 1. The number of ether oxygens (including phenoxy) is 1. The number of quaternary nitrogens is 1. The van der Waals surface area contributed by atoms with Gasteiger partial charge in [0.1, 0.15) is 12.6 Å². The summed E-state index contributed by atoms with van der Waals surface area (Å²) in [6.07, 6.45) is 2.63. The molecule has 0 unspecified atom stereocenters. The molecule has 0 spiro atoms. The van der Waals surface area contributed by atoms with Gasteiger partial charge in [-0.25, -0.2) is 0 Å². The van der Waals surface area contributed by atoms with Crippen LogP contribution in [0.25, 0.3) is 0 Å². The van der Waals surface area contributed by atoms with Gasteiger partial charge in [-0.05, 0) is 47.5 Å². The van der Waals surface area contributed by atoms with Crippen LogP contribution in [0.15, 0.2) is 0 Å². The van der Waals surface area contributed by atoms with Crippen molar-refractivity contribution in [3.05, 3.63) is 0 Å². The molecule has 0 bridgehead atoms. The van der Waals surface area contributed by atoms with E-state index in [0.29, 0.717) is 6.10 Å². The van der Waals surface area contributed by atoms with Crippen LogP contribution in [0.1, 0.15) is 47.5 Å². The molecule has 4 heteroatoms. The average molecular weight is 257 g/mol. The molecule has 1 amide bonds. The SMILES string of the molecule is CC(C)N(C(=O)[C@H](C)[NH2+]C[C@H]1CCCO1)C(C)C. The zero-order valence-electron chi connectivity index (χ0n) is 12.5. The maximum Gasteiger partial charge on any atom is 0.280 e. The number of carbonyl (C=O) groups excluding carboxylic acids is 1. The summed E-state index contributed by atoms with van der Waals surface area (Å²) in [7, 11) is 0. The van der Waals surface area contributed by atoms with Crippen molar-refractivity contribution in [1.82, 2.24) is 4.90 Å². The highest BCUT2D eigenvalue weighted by Gasteiger charge is 2.28. The topological polar surface area (TPSA) is 46.2 Å².